The Labute approximate surface area is 151 Å². The number of primary amides is 1. The van der Waals surface area contributed by atoms with Crippen LogP contribution >= 0.6 is 0 Å². The first-order valence-corrected chi connectivity index (χ1v) is 9.08. The molecule has 1 amide bonds. The summed E-state index contributed by atoms with van der Waals surface area (Å²) in [5.74, 6) is -0.446. The molecular weight excluding hydrogens is 334 g/mol. The molecule has 5 heteroatoms. The Morgan fingerprint density at radius 1 is 1.12 bits per heavy atom. The van der Waals surface area contributed by atoms with E-state index in [1.807, 2.05) is 42.5 Å². The lowest BCUT2D eigenvalue weighted by atomic mass is 9.94. The topological polar surface area (TPSA) is 46.3 Å². The van der Waals surface area contributed by atoms with Gasteiger partial charge in [-0.3, -0.25) is 9.69 Å². The Morgan fingerprint density at radius 2 is 1.85 bits per heavy atom. The molecule has 0 radical (unpaired) electrons. The van der Waals surface area contributed by atoms with Crippen LogP contribution in [0.15, 0.2) is 48.5 Å². The number of amides is 1. The molecule has 3 nitrogen and oxygen atoms in total. The summed E-state index contributed by atoms with van der Waals surface area (Å²) in [4.78, 5) is 13.7. The smallest absolute Gasteiger partial charge is 0.234 e. The maximum absolute atomic E-state index is 14.7. The quantitative estimate of drug-likeness (QED) is 0.888. The molecule has 0 aromatic heterocycles. The van der Waals surface area contributed by atoms with E-state index in [0.29, 0.717) is 5.92 Å². The lowest BCUT2D eigenvalue weighted by Gasteiger charge is -2.32. The third-order valence-corrected chi connectivity index (χ3v) is 5.42. The number of rotatable bonds is 5. The van der Waals surface area contributed by atoms with Gasteiger partial charge in [-0.05, 0) is 41.5 Å². The largest absolute Gasteiger partial charge is 0.368 e. The molecule has 2 unspecified atom stereocenters. The number of nitrogens with zero attached hydrogens (tertiary/aromatic N) is 1. The van der Waals surface area contributed by atoms with Crippen molar-refractivity contribution in [2.75, 3.05) is 6.54 Å². The highest BCUT2D eigenvalue weighted by Crippen LogP contribution is 2.43. The van der Waals surface area contributed by atoms with Crippen LogP contribution in [0.5, 0.6) is 0 Å². The highest BCUT2D eigenvalue weighted by molar-refractivity contribution is 5.80. The number of carbonyl (C=O) groups excluding carboxylic acids is 1. The summed E-state index contributed by atoms with van der Waals surface area (Å²) in [5, 5.41) is 0. The van der Waals surface area contributed by atoms with Gasteiger partial charge in [-0.15, -0.1) is 0 Å². The summed E-state index contributed by atoms with van der Waals surface area (Å²) in [5.41, 5.74) is 7.89. The molecule has 1 heterocycles. The van der Waals surface area contributed by atoms with Gasteiger partial charge in [0.2, 0.25) is 5.91 Å². The molecule has 1 aliphatic carbocycles. The van der Waals surface area contributed by atoms with Gasteiger partial charge < -0.3 is 5.73 Å². The van der Waals surface area contributed by atoms with Gasteiger partial charge in [0, 0.05) is 13.0 Å². The van der Waals surface area contributed by atoms with Crippen LogP contribution in [0.1, 0.15) is 47.9 Å². The van der Waals surface area contributed by atoms with Gasteiger partial charge in [-0.25, -0.2) is 8.78 Å². The van der Waals surface area contributed by atoms with Crippen LogP contribution in [-0.2, 0) is 4.79 Å². The van der Waals surface area contributed by atoms with Gasteiger partial charge in [0.25, 0.3) is 0 Å². The fraction of sp³-hybridized carbons (Fsp3) is 0.381. The van der Waals surface area contributed by atoms with Crippen LogP contribution in [0.2, 0.25) is 0 Å². The number of halogens is 2. The zero-order chi connectivity index (χ0) is 18.3. The monoisotopic (exact) mass is 356 g/mol. The van der Waals surface area contributed by atoms with Crippen molar-refractivity contribution in [2.24, 2.45) is 5.73 Å². The minimum Gasteiger partial charge on any atom is -0.368 e. The van der Waals surface area contributed by atoms with Crippen molar-refractivity contribution in [3.63, 3.8) is 0 Å². The Hall–Kier alpha value is -2.27. The van der Waals surface area contributed by atoms with Crippen LogP contribution in [-0.4, -0.2) is 29.6 Å². The second-order valence-electron chi connectivity index (χ2n) is 7.32. The summed E-state index contributed by atoms with van der Waals surface area (Å²) < 4.78 is 28.8. The van der Waals surface area contributed by atoms with E-state index in [0.717, 1.165) is 29.5 Å². The molecule has 26 heavy (non-hydrogen) atoms. The predicted molar refractivity (Wildman–Crippen MR) is 95.9 cm³/mol. The van der Waals surface area contributed by atoms with Crippen molar-refractivity contribution in [3.8, 4) is 0 Å². The van der Waals surface area contributed by atoms with Crippen molar-refractivity contribution >= 4 is 5.91 Å². The Morgan fingerprint density at radius 3 is 2.46 bits per heavy atom. The van der Waals surface area contributed by atoms with Crippen LogP contribution < -0.4 is 5.73 Å². The number of hydrogen-bond acceptors (Lipinski definition) is 2. The fourth-order valence-corrected chi connectivity index (χ4v) is 4.02. The van der Waals surface area contributed by atoms with Crippen LogP contribution in [0.4, 0.5) is 8.78 Å². The number of nitrogens with two attached hydrogens (primary N) is 1. The Kier molecular flexibility index (Phi) is 4.49. The highest BCUT2D eigenvalue weighted by atomic mass is 19.1. The first-order valence-electron chi connectivity index (χ1n) is 9.08. The lowest BCUT2D eigenvalue weighted by molar-refractivity contribution is -0.122. The second-order valence-corrected chi connectivity index (χ2v) is 7.32. The van der Waals surface area contributed by atoms with Gasteiger partial charge in [-0.2, -0.15) is 0 Å². The van der Waals surface area contributed by atoms with Crippen LogP contribution in [0.25, 0.3) is 0 Å². The minimum absolute atomic E-state index is 0.0846. The zero-order valence-corrected chi connectivity index (χ0v) is 14.4. The molecule has 2 aromatic carbocycles. The maximum atomic E-state index is 14.7. The van der Waals surface area contributed by atoms with Gasteiger partial charge >= 0.3 is 0 Å². The Bertz CT molecular complexity index is 807. The van der Waals surface area contributed by atoms with Crippen molar-refractivity contribution < 1.29 is 13.6 Å². The highest BCUT2D eigenvalue weighted by Gasteiger charge is 2.41. The maximum Gasteiger partial charge on any atom is 0.234 e. The van der Waals surface area contributed by atoms with Crippen molar-refractivity contribution in [3.05, 3.63) is 71.0 Å². The molecule has 3 atom stereocenters. The third kappa shape index (κ3) is 3.23. The predicted octanol–water partition coefficient (Wildman–Crippen LogP) is 3.69. The zero-order valence-electron chi connectivity index (χ0n) is 14.4. The van der Waals surface area contributed by atoms with Gasteiger partial charge in [0.05, 0.1) is 12.1 Å². The van der Waals surface area contributed by atoms with Crippen molar-refractivity contribution in [1.82, 2.24) is 4.90 Å². The summed E-state index contributed by atoms with van der Waals surface area (Å²) in [6.07, 6.45) is 1.02. The average Bonchev–Trinajstić information content (AvgIpc) is 3.38. The summed E-state index contributed by atoms with van der Waals surface area (Å²) in [6, 6.07) is 13.7. The molecule has 2 fully saturated rings. The fourth-order valence-electron chi connectivity index (χ4n) is 4.02. The number of likely N-dealkylation sites (tertiary alicyclic amines) is 1. The number of hydrogen-bond donors (Lipinski definition) is 1. The molecule has 1 aliphatic heterocycles. The summed E-state index contributed by atoms with van der Waals surface area (Å²) in [7, 11) is 0. The van der Waals surface area contributed by atoms with Crippen LogP contribution in [0.3, 0.4) is 0 Å². The van der Waals surface area contributed by atoms with E-state index in [-0.39, 0.29) is 18.8 Å². The summed E-state index contributed by atoms with van der Waals surface area (Å²) >= 11 is 0. The molecule has 2 N–H and O–H groups in total. The van der Waals surface area contributed by atoms with Gasteiger partial charge in [-0.1, -0.05) is 42.5 Å². The SMILES string of the molecule is NC(=O)C1CC(F)CN1[C@@H](c1ccccc1)c1ccc(C2CC2)c(F)c1. The second kappa shape index (κ2) is 6.80. The van der Waals surface area contributed by atoms with Gasteiger partial charge in [0.1, 0.15) is 12.0 Å². The first kappa shape index (κ1) is 17.2. The molecule has 0 spiro atoms. The number of alkyl halides is 1. The van der Waals surface area contributed by atoms with E-state index >= 15 is 0 Å². The average molecular weight is 356 g/mol. The normalized spacial score (nSPS) is 24.5. The molecule has 4 rings (SSSR count). The standard InChI is InChI=1S/C21H22F2N2O/c22-16-11-19(21(24)26)25(12-16)20(14-4-2-1-3-5-14)15-8-9-17(13-6-7-13)18(23)10-15/h1-5,8-10,13,16,19-20H,6-7,11-12H2,(H2,24,26)/t16?,19?,20-/m0/s1. The lowest BCUT2D eigenvalue weighted by Crippen LogP contribution is -2.42. The molecule has 2 aliphatic rings. The van der Waals surface area contributed by atoms with E-state index in [1.54, 1.807) is 4.90 Å². The van der Waals surface area contributed by atoms with Crippen LogP contribution in [0, 0.1) is 5.82 Å². The third-order valence-electron chi connectivity index (χ3n) is 5.42. The molecule has 0 bridgehead atoms. The minimum atomic E-state index is -1.12. The molecule has 1 saturated carbocycles. The van der Waals surface area contributed by atoms with E-state index in [9.17, 15) is 13.6 Å². The molecule has 1 saturated heterocycles. The number of benzene rings is 2. The first-order chi connectivity index (χ1) is 12.5. The van der Waals surface area contributed by atoms with Crippen molar-refractivity contribution in [2.45, 2.75) is 43.4 Å². The van der Waals surface area contributed by atoms with E-state index in [4.69, 9.17) is 5.73 Å². The summed E-state index contributed by atoms with van der Waals surface area (Å²) in [6.45, 7) is 0.110. The number of carbonyl (C=O) groups is 1. The van der Waals surface area contributed by atoms with E-state index < -0.39 is 24.2 Å². The molecule has 136 valence electrons. The van der Waals surface area contributed by atoms with Gasteiger partial charge in [0.15, 0.2) is 0 Å². The van der Waals surface area contributed by atoms with E-state index in [1.165, 1.54) is 6.07 Å². The molecular formula is C21H22F2N2O. The molecule has 2 aromatic rings. The Balaban J connectivity index is 1.76. The van der Waals surface area contributed by atoms with Crippen molar-refractivity contribution in [1.29, 1.82) is 0 Å². The van der Waals surface area contributed by atoms with E-state index in [2.05, 4.69) is 0 Å².